The molecule has 0 saturated heterocycles. The van der Waals surface area contributed by atoms with E-state index in [1.165, 1.54) is 24.3 Å². The van der Waals surface area contributed by atoms with E-state index >= 15 is 0 Å². The Labute approximate surface area is 297 Å². The summed E-state index contributed by atoms with van der Waals surface area (Å²) in [7, 11) is 0. The maximum absolute atomic E-state index is 13.4. The molecule has 0 radical (unpaired) electrons. The Kier molecular flexibility index (Phi) is 8.09. The average molecular weight is 731 g/mol. The van der Waals surface area contributed by atoms with Crippen LogP contribution in [-0.2, 0) is 11.2 Å². The van der Waals surface area contributed by atoms with Gasteiger partial charge in [-0.25, -0.2) is 4.79 Å². The highest BCUT2D eigenvalue weighted by Gasteiger charge is 2.43. The summed E-state index contributed by atoms with van der Waals surface area (Å²) in [6.07, 6.45) is -4.25. The summed E-state index contributed by atoms with van der Waals surface area (Å²) < 4.78 is 18.2. The average Bonchev–Trinajstić information content (AvgIpc) is 3.09. The molecule has 53 heavy (non-hydrogen) atoms. The minimum absolute atomic E-state index is 0.0133. The molecule has 274 valence electrons. The fourth-order valence-corrected chi connectivity index (χ4v) is 6.76. The molecule has 4 unspecified atom stereocenters. The van der Waals surface area contributed by atoms with Crippen LogP contribution < -0.4 is 9.47 Å². The van der Waals surface area contributed by atoms with Crippen LogP contribution in [0.4, 0.5) is 0 Å². The molecule has 0 spiro atoms. The molecule has 16 nitrogen and oxygen atoms in total. The van der Waals surface area contributed by atoms with Gasteiger partial charge in [-0.2, -0.15) is 0 Å². The van der Waals surface area contributed by atoms with Crippen molar-refractivity contribution in [2.24, 2.45) is 0 Å². The third-order valence-electron chi connectivity index (χ3n) is 9.24. The Hall–Kier alpha value is -7.23. The van der Waals surface area contributed by atoms with Crippen molar-refractivity contribution in [2.75, 3.05) is 0 Å². The van der Waals surface area contributed by atoms with E-state index in [9.17, 15) is 66.1 Å². The van der Waals surface area contributed by atoms with E-state index in [-0.39, 0.29) is 52.3 Å². The number of rotatable bonds is 5. The van der Waals surface area contributed by atoms with Crippen molar-refractivity contribution in [2.45, 2.75) is 37.1 Å². The zero-order valence-electron chi connectivity index (χ0n) is 27.0. The summed E-state index contributed by atoms with van der Waals surface area (Å²) in [4.78, 5) is 13.4. The van der Waals surface area contributed by atoms with E-state index in [4.69, 9.17) is 14.2 Å². The van der Waals surface area contributed by atoms with E-state index in [2.05, 4.69) is 0 Å². The van der Waals surface area contributed by atoms with Crippen molar-refractivity contribution in [1.82, 2.24) is 0 Å². The molecule has 5 aromatic carbocycles. The number of carbonyl (C=O) groups is 1. The summed E-state index contributed by atoms with van der Waals surface area (Å²) >= 11 is 0. The highest BCUT2D eigenvalue weighted by Crippen LogP contribution is 2.57. The summed E-state index contributed by atoms with van der Waals surface area (Å²) in [6, 6.07) is 10.9. The highest BCUT2D eigenvalue weighted by molar-refractivity contribution is 5.91. The minimum Gasteiger partial charge on any atom is -0.508 e. The molecule has 0 saturated carbocycles. The lowest BCUT2D eigenvalue weighted by molar-refractivity contribution is -0.0195. The first-order valence-corrected chi connectivity index (χ1v) is 15.8. The molecule has 0 fully saturated rings. The van der Waals surface area contributed by atoms with Gasteiger partial charge in [0, 0.05) is 59.2 Å². The fraction of sp³-hybridized carbons (Fsp3) is 0.162. The summed E-state index contributed by atoms with van der Waals surface area (Å²) in [5.74, 6) is -10.1. The number of hydrogen-bond acceptors (Lipinski definition) is 16. The van der Waals surface area contributed by atoms with Crippen molar-refractivity contribution in [3.05, 3.63) is 94.0 Å². The lowest BCUT2D eigenvalue weighted by Gasteiger charge is -2.38. The normalized spacial score (nSPS) is 18.9. The molecule has 0 bridgehead atoms. The molecule has 2 aliphatic heterocycles. The Morgan fingerprint density at radius 3 is 1.83 bits per heavy atom. The molecule has 0 aliphatic carbocycles. The SMILES string of the molecule is O=C(OC1Cc2c(O)cc(O)c(C3CC(c4ccc(O)c(O)c4)Oc4cc(O)cc(O)c43)c2OC1c1cc(O)c(O)c(O)c1)c1cc(O)c(O)c(O)c1. The summed E-state index contributed by atoms with van der Waals surface area (Å²) in [5, 5.41) is 125. The van der Waals surface area contributed by atoms with Gasteiger partial charge in [-0.3, -0.25) is 0 Å². The molecule has 0 amide bonds. The van der Waals surface area contributed by atoms with Crippen LogP contribution in [0.2, 0.25) is 0 Å². The highest BCUT2D eigenvalue weighted by atomic mass is 16.6. The van der Waals surface area contributed by atoms with Crippen LogP contribution in [0.5, 0.6) is 80.5 Å². The predicted molar refractivity (Wildman–Crippen MR) is 178 cm³/mol. The number of phenolic OH excluding ortho intramolecular Hbond substituents is 12. The third kappa shape index (κ3) is 5.90. The fourth-order valence-electron chi connectivity index (χ4n) is 6.76. The second kappa shape index (κ2) is 12.5. The number of hydrogen-bond donors (Lipinski definition) is 12. The lowest BCUT2D eigenvalue weighted by Crippen LogP contribution is -2.35. The zero-order chi connectivity index (χ0) is 38.0. The zero-order valence-corrected chi connectivity index (χ0v) is 27.0. The summed E-state index contributed by atoms with van der Waals surface area (Å²) in [6.45, 7) is 0. The number of ether oxygens (including phenoxy) is 3. The molecule has 2 heterocycles. The second-order valence-electron chi connectivity index (χ2n) is 12.6. The van der Waals surface area contributed by atoms with Crippen LogP contribution in [-0.4, -0.2) is 73.4 Å². The van der Waals surface area contributed by atoms with Crippen LogP contribution in [0, 0.1) is 0 Å². The van der Waals surface area contributed by atoms with Crippen molar-refractivity contribution >= 4 is 5.97 Å². The predicted octanol–water partition coefficient (Wildman–Crippen LogP) is 4.71. The van der Waals surface area contributed by atoms with Crippen LogP contribution in [0.1, 0.15) is 62.7 Å². The molecule has 5 aromatic rings. The van der Waals surface area contributed by atoms with Crippen LogP contribution in [0.25, 0.3) is 0 Å². The third-order valence-corrected chi connectivity index (χ3v) is 9.24. The van der Waals surface area contributed by atoms with Gasteiger partial charge in [-0.15, -0.1) is 0 Å². The largest absolute Gasteiger partial charge is 0.508 e. The molecule has 0 aromatic heterocycles. The minimum atomic E-state index is -1.47. The van der Waals surface area contributed by atoms with Gasteiger partial charge in [-0.05, 0) is 42.0 Å². The second-order valence-corrected chi connectivity index (χ2v) is 12.6. The Bertz CT molecular complexity index is 2270. The number of benzene rings is 5. The maximum atomic E-state index is 13.4. The van der Waals surface area contributed by atoms with Crippen LogP contribution in [0.3, 0.4) is 0 Å². The first kappa shape index (κ1) is 34.2. The molecular weight excluding hydrogens is 700 g/mol. The molecule has 12 N–H and O–H groups in total. The van der Waals surface area contributed by atoms with Crippen LogP contribution >= 0.6 is 0 Å². The van der Waals surface area contributed by atoms with Gasteiger partial charge >= 0.3 is 5.97 Å². The van der Waals surface area contributed by atoms with Gasteiger partial charge < -0.3 is 75.5 Å². The number of fused-ring (bicyclic) bond motifs is 2. The maximum Gasteiger partial charge on any atom is 0.338 e. The van der Waals surface area contributed by atoms with Crippen molar-refractivity contribution in [3.63, 3.8) is 0 Å². The van der Waals surface area contributed by atoms with Gasteiger partial charge in [0.1, 0.15) is 46.7 Å². The number of aromatic hydroxyl groups is 12. The quantitative estimate of drug-likeness (QED) is 0.0861. The van der Waals surface area contributed by atoms with Crippen LogP contribution in [0.15, 0.2) is 60.7 Å². The Balaban J connectivity index is 1.38. The molecule has 16 heteroatoms. The van der Waals surface area contributed by atoms with Gasteiger partial charge in [0.15, 0.2) is 52.1 Å². The van der Waals surface area contributed by atoms with E-state index in [0.717, 1.165) is 36.4 Å². The Morgan fingerprint density at radius 1 is 0.585 bits per heavy atom. The number of phenols is 12. The van der Waals surface area contributed by atoms with Gasteiger partial charge in [0.2, 0.25) is 0 Å². The van der Waals surface area contributed by atoms with Gasteiger partial charge in [0.05, 0.1) is 5.56 Å². The van der Waals surface area contributed by atoms with Gasteiger partial charge in [-0.1, -0.05) is 6.07 Å². The van der Waals surface area contributed by atoms with E-state index in [0.29, 0.717) is 5.56 Å². The first-order valence-electron chi connectivity index (χ1n) is 15.8. The summed E-state index contributed by atoms with van der Waals surface area (Å²) in [5.41, 5.74) is -0.0570. The standard InChI is InChI=1S/C37H30O16/c38-16-8-22(42)31-18(11-28(51-29(31)9-16)13-1-2-19(39)21(41)3-13)32-23(43)12-20(40)17-10-30(52-37(50)15-6-26(46)34(49)27(47)7-15)35(53-36(17)32)14-4-24(44)33(48)25(45)5-14/h1-9,12,18,28,30,35,38-49H,10-11H2. The first-order chi connectivity index (χ1) is 25.1. The number of esters is 1. The van der Waals surface area contributed by atoms with Crippen molar-refractivity contribution in [3.8, 4) is 80.5 Å². The van der Waals surface area contributed by atoms with Gasteiger partial charge in [0.25, 0.3) is 0 Å². The molecular formula is C37H30O16. The molecule has 4 atom stereocenters. The van der Waals surface area contributed by atoms with E-state index < -0.39 is 99.0 Å². The Morgan fingerprint density at radius 2 is 1.19 bits per heavy atom. The number of carbonyl (C=O) groups excluding carboxylic acids is 1. The monoisotopic (exact) mass is 730 g/mol. The lowest BCUT2D eigenvalue weighted by atomic mass is 9.79. The smallest absolute Gasteiger partial charge is 0.338 e. The topological polar surface area (TPSA) is 288 Å². The molecule has 7 rings (SSSR count). The molecule has 2 aliphatic rings. The van der Waals surface area contributed by atoms with E-state index in [1.54, 1.807) is 0 Å². The van der Waals surface area contributed by atoms with Crippen molar-refractivity contribution in [1.29, 1.82) is 0 Å². The van der Waals surface area contributed by atoms with E-state index in [1.807, 2.05) is 0 Å². The van der Waals surface area contributed by atoms with Crippen molar-refractivity contribution < 1.29 is 80.3 Å².